The maximum Gasteiger partial charge on any atom is 0.233 e. The minimum absolute atomic E-state index is 0.211. The van der Waals surface area contributed by atoms with Crippen LogP contribution >= 0.6 is 10.0 Å². The first-order chi connectivity index (χ1) is 19.6. The molecule has 2 heterocycles. The third-order valence-corrected chi connectivity index (χ3v) is 7.96. The lowest BCUT2D eigenvalue weighted by Crippen LogP contribution is -2.16. The zero-order chi connectivity index (χ0) is 29.1. The van der Waals surface area contributed by atoms with Crippen molar-refractivity contribution in [2.75, 3.05) is 36.9 Å². The topological polar surface area (TPSA) is 121 Å². The molecular formula is C31H32N6O3S. The molecule has 2 N–H and O–H groups in total. The van der Waals surface area contributed by atoms with E-state index in [0.29, 0.717) is 34.9 Å². The summed E-state index contributed by atoms with van der Waals surface area (Å²) in [5, 5.41) is 13.6. The lowest BCUT2D eigenvalue weighted by atomic mass is 10.1. The number of benzene rings is 3. The molecule has 210 valence electrons. The van der Waals surface area contributed by atoms with Crippen LogP contribution in [0.1, 0.15) is 27.3 Å². The molecule has 0 aliphatic rings. The molecule has 0 aliphatic carbocycles. The van der Waals surface area contributed by atoms with E-state index >= 15 is 0 Å². The summed E-state index contributed by atoms with van der Waals surface area (Å²) in [5.74, 6) is 2.27. The number of nitrogens with two attached hydrogens (primary N) is 1. The number of rotatable bonds is 10. The van der Waals surface area contributed by atoms with Crippen molar-refractivity contribution in [1.29, 1.82) is 5.26 Å². The number of fused-ring (bicyclic) bond motifs is 1. The van der Waals surface area contributed by atoms with Crippen molar-refractivity contribution in [3.05, 3.63) is 95.4 Å². The molecular weight excluding hydrogens is 536 g/mol. The monoisotopic (exact) mass is 568 g/mol. The van der Waals surface area contributed by atoms with E-state index in [2.05, 4.69) is 34.9 Å². The van der Waals surface area contributed by atoms with E-state index in [-0.39, 0.29) is 29.7 Å². The third-order valence-electron chi connectivity index (χ3n) is 6.56. The number of hydrogen-bond donors (Lipinski definition) is 1. The summed E-state index contributed by atoms with van der Waals surface area (Å²) in [4.78, 5) is 18.4. The summed E-state index contributed by atoms with van der Waals surface area (Å²) in [6.07, 6.45) is 8.21. The second-order valence-corrected chi connectivity index (χ2v) is 15.1. The number of nitriles is 1. The van der Waals surface area contributed by atoms with E-state index in [1.165, 1.54) is 10.9 Å². The van der Waals surface area contributed by atoms with Gasteiger partial charge in [-0.1, -0.05) is 18.2 Å². The van der Waals surface area contributed by atoms with Crippen LogP contribution in [0.3, 0.4) is 0 Å². The Morgan fingerprint density at radius 1 is 1.05 bits per heavy atom. The number of carbonyl (C=O) groups excluding carboxylic acids is 1. The Bertz CT molecular complexity index is 1780. The van der Waals surface area contributed by atoms with Crippen LogP contribution in [0.25, 0.3) is 16.7 Å². The summed E-state index contributed by atoms with van der Waals surface area (Å²) in [6, 6.07) is 22.1. The van der Waals surface area contributed by atoms with Crippen molar-refractivity contribution in [1.82, 2.24) is 19.3 Å². The number of aromatic nitrogens is 4. The number of ketones is 1. The largest absolute Gasteiger partial charge is 0.457 e. The van der Waals surface area contributed by atoms with Gasteiger partial charge in [-0.3, -0.25) is 9.36 Å². The van der Waals surface area contributed by atoms with Crippen molar-refractivity contribution in [3.8, 4) is 23.3 Å². The number of nitrogens with zero attached hydrogens (tertiary/aromatic N) is 5. The molecule has 10 heteroatoms. The van der Waals surface area contributed by atoms with Crippen molar-refractivity contribution in [2.45, 2.75) is 13.7 Å². The molecule has 0 saturated carbocycles. The molecule has 41 heavy (non-hydrogen) atoms. The highest BCUT2D eigenvalue weighted by Crippen LogP contribution is 2.34. The summed E-state index contributed by atoms with van der Waals surface area (Å²) in [7, 11) is -0.695. The number of para-hydroxylation sites is 2. The number of aryl methyl sites for hydroxylation is 1. The highest BCUT2D eigenvalue weighted by molar-refractivity contribution is 8.32. The standard InChI is InChI=1S/C31H32N6O3S/c1-21-16-24(40-23-9-7-8-22(17-23)18-32)12-13-27(21)37-30(33)25(19-34-37)29(38)31-35-26-10-5-6-11-28(26)36(31)20-39-14-15-41(2,3)4/h5-13,16-17,19H,14-15,20,33H2,1-4H3. The molecule has 5 aromatic rings. The van der Waals surface area contributed by atoms with Crippen LogP contribution < -0.4 is 10.5 Å². The van der Waals surface area contributed by atoms with Crippen LogP contribution in [0.4, 0.5) is 5.82 Å². The van der Waals surface area contributed by atoms with Gasteiger partial charge in [0, 0.05) is 5.75 Å². The Balaban J connectivity index is 1.41. The Hall–Kier alpha value is -4.59. The summed E-state index contributed by atoms with van der Waals surface area (Å²) in [5.41, 5.74) is 10.4. The lowest BCUT2D eigenvalue weighted by molar-refractivity contribution is 0.0852. The Labute approximate surface area is 240 Å². The van der Waals surface area contributed by atoms with Gasteiger partial charge in [0.25, 0.3) is 0 Å². The van der Waals surface area contributed by atoms with Crippen LogP contribution in [0.5, 0.6) is 11.5 Å². The molecule has 0 radical (unpaired) electrons. The van der Waals surface area contributed by atoms with Crippen LogP contribution in [-0.2, 0) is 11.5 Å². The first kappa shape index (κ1) is 28.0. The first-order valence-electron chi connectivity index (χ1n) is 13.0. The second-order valence-electron chi connectivity index (χ2n) is 10.6. The highest BCUT2D eigenvalue weighted by atomic mass is 32.3. The van der Waals surface area contributed by atoms with Gasteiger partial charge in [-0.25, -0.2) is 19.7 Å². The molecule has 0 bridgehead atoms. The molecule has 0 unspecified atom stereocenters. The van der Waals surface area contributed by atoms with Gasteiger partial charge >= 0.3 is 0 Å². The fourth-order valence-electron chi connectivity index (χ4n) is 4.38. The summed E-state index contributed by atoms with van der Waals surface area (Å²) < 4.78 is 15.3. The summed E-state index contributed by atoms with van der Waals surface area (Å²) >= 11 is 0. The third kappa shape index (κ3) is 6.11. The minimum atomic E-state index is -0.695. The minimum Gasteiger partial charge on any atom is -0.457 e. The molecule has 2 aromatic heterocycles. The van der Waals surface area contributed by atoms with Crippen molar-refractivity contribution in [3.63, 3.8) is 0 Å². The van der Waals surface area contributed by atoms with Gasteiger partial charge in [-0.2, -0.15) is 10.4 Å². The number of imidazole rings is 1. The average molecular weight is 569 g/mol. The Kier molecular flexibility index (Phi) is 7.83. The van der Waals surface area contributed by atoms with E-state index < -0.39 is 10.0 Å². The molecule has 0 spiro atoms. The predicted octanol–water partition coefficient (Wildman–Crippen LogP) is 5.68. The van der Waals surface area contributed by atoms with Gasteiger partial charge in [0.15, 0.2) is 5.82 Å². The fraction of sp³-hybridized carbons (Fsp3) is 0.226. The second kappa shape index (κ2) is 11.5. The average Bonchev–Trinajstić information content (AvgIpc) is 3.51. The molecule has 0 fully saturated rings. The molecule has 0 amide bonds. The molecule has 0 saturated heterocycles. The number of anilines is 1. The van der Waals surface area contributed by atoms with E-state index in [9.17, 15) is 4.79 Å². The van der Waals surface area contributed by atoms with E-state index in [0.717, 1.165) is 16.8 Å². The lowest BCUT2D eigenvalue weighted by Gasteiger charge is -2.24. The van der Waals surface area contributed by atoms with Crippen LogP contribution in [0.2, 0.25) is 0 Å². The zero-order valence-corrected chi connectivity index (χ0v) is 24.3. The Morgan fingerprint density at radius 3 is 2.59 bits per heavy atom. The van der Waals surface area contributed by atoms with Crippen molar-refractivity contribution < 1.29 is 14.3 Å². The van der Waals surface area contributed by atoms with Gasteiger partial charge in [0.2, 0.25) is 5.78 Å². The van der Waals surface area contributed by atoms with Gasteiger partial charge in [-0.15, -0.1) is 0 Å². The van der Waals surface area contributed by atoms with Gasteiger partial charge in [0.05, 0.1) is 46.7 Å². The maximum absolute atomic E-state index is 13.8. The first-order valence-corrected chi connectivity index (χ1v) is 16.0. The molecule has 0 atom stereocenters. The molecule has 0 aliphatic heterocycles. The van der Waals surface area contributed by atoms with Crippen LogP contribution in [-0.4, -0.2) is 56.2 Å². The van der Waals surface area contributed by atoms with Crippen molar-refractivity contribution in [2.24, 2.45) is 0 Å². The Morgan fingerprint density at radius 2 is 1.83 bits per heavy atom. The highest BCUT2D eigenvalue weighted by Gasteiger charge is 2.24. The molecule has 3 aromatic carbocycles. The number of carbonyl (C=O) groups is 1. The van der Waals surface area contributed by atoms with Gasteiger partial charge in [-0.05, 0) is 79.8 Å². The van der Waals surface area contributed by atoms with E-state index in [1.807, 2.05) is 43.3 Å². The predicted molar refractivity (Wildman–Crippen MR) is 163 cm³/mol. The van der Waals surface area contributed by atoms with Crippen LogP contribution in [0, 0.1) is 18.3 Å². The van der Waals surface area contributed by atoms with E-state index in [1.54, 1.807) is 34.9 Å². The van der Waals surface area contributed by atoms with Crippen LogP contribution in [0.15, 0.2) is 72.9 Å². The molecule has 9 nitrogen and oxygen atoms in total. The van der Waals surface area contributed by atoms with Crippen molar-refractivity contribution >= 4 is 32.7 Å². The smallest absolute Gasteiger partial charge is 0.233 e. The number of hydrogen-bond acceptors (Lipinski definition) is 7. The number of nitrogen functional groups attached to an aromatic ring is 1. The fourth-order valence-corrected chi connectivity index (χ4v) is 5.00. The van der Waals surface area contributed by atoms with Gasteiger partial charge < -0.3 is 15.2 Å². The normalized spacial score (nSPS) is 11.9. The van der Waals surface area contributed by atoms with Gasteiger partial charge in [0.1, 0.15) is 24.0 Å². The summed E-state index contributed by atoms with van der Waals surface area (Å²) in [6.45, 7) is 2.72. The number of ether oxygens (including phenoxy) is 2. The quantitative estimate of drug-likeness (QED) is 0.170. The molecule has 5 rings (SSSR count). The zero-order valence-electron chi connectivity index (χ0n) is 23.5. The SMILES string of the molecule is Cc1cc(Oc2cccc(C#N)c2)ccc1-n1ncc(C(=O)c2nc3ccccc3n2COCCS(C)(C)C)c1N. The van der Waals surface area contributed by atoms with E-state index in [4.69, 9.17) is 20.5 Å². The maximum atomic E-state index is 13.8.